The van der Waals surface area contributed by atoms with E-state index in [1.165, 1.54) is 122 Å². The van der Waals surface area contributed by atoms with Crippen molar-refractivity contribution in [3.63, 3.8) is 0 Å². The molecule has 0 aromatic heterocycles. The minimum Gasteiger partial charge on any atom is -0.394 e. The zero-order valence-corrected chi connectivity index (χ0v) is 49.8. The Labute approximate surface area is 484 Å². The topological polar surface area (TPSA) is 228 Å². The number of amides is 1. The van der Waals surface area contributed by atoms with Crippen molar-refractivity contribution in [3.05, 3.63) is 85.1 Å². The van der Waals surface area contributed by atoms with Gasteiger partial charge in [-0.2, -0.15) is 0 Å². The zero-order chi connectivity index (χ0) is 58.1. The summed E-state index contributed by atoms with van der Waals surface area (Å²) in [6.07, 6.45) is 51.6. The summed E-state index contributed by atoms with van der Waals surface area (Å²) in [7, 11) is 0. The lowest BCUT2D eigenvalue weighted by atomic mass is 9.97. The molecule has 12 unspecified atom stereocenters. The third kappa shape index (κ3) is 35.3. The molecule has 1 amide bonds. The average molecular weight is 1130 g/mol. The van der Waals surface area contributed by atoms with Crippen LogP contribution in [-0.2, 0) is 23.7 Å². The molecule has 0 spiro atoms. The Morgan fingerprint density at radius 2 is 0.850 bits per heavy atom. The first-order chi connectivity index (χ1) is 39.1. The molecule has 0 saturated carbocycles. The maximum atomic E-state index is 13.3. The molecular formula is C66H115NO13. The first-order valence-corrected chi connectivity index (χ1v) is 31.8. The summed E-state index contributed by atoms with van der Waals surface area (Å²) in [5, 5.41) is 87.4. The Hall–Kier alpha value is -2.83. The first-order valence-electron chi connectivity index (χ1n) is 31.8. The van der Waals surface area contributed by atoms with Crippen molar-refractivity contribution in [2.45, 2.75) is 306 Å². The highest BCUT2D eigenvalue weighted by molar-refractivity contribution is 5.76. The number of hydrogen-bond donors (Lipinski definition) is 9. The van der Waals surface area contributed by atoms with E-state index in [1.54, 1.807) is 0 Å². The zero-order valence-electron chi connectivity index (χ0n) is 49.8. The van der Waals surface area contributed by atoms with E-state index < -0.39 is 86.8 Å². The monoisotopic (exact) mass is 1130 g/mol. The Bertz CT molecular complexity index is 1660. The molecule has 0 aliphatic carbocycles. The quantitative estimate of drug-likeness (QED) is 0.0204. The fourth-order valence-corrected chi connectivity index (χ4v) is 10.1. The van der Waals surface area contributed by atoms with E-state index in [-0.39, 0.29) is 18.9 Å². The van der Waals surface area contributed by atoms with Gasteiger partial charge >= 0.3 is 0 Å². The van der Waals surface area contributed by atoms with Crippen LogP contribution in [-0.4, -0.2) is 140 Å². The Morgan fingerprint density at radius 1 is 0.463 bits per heavy atom. The van der Waals surface area contributed by atoms with Gasteiger partial charge in [-0.05, 0) is 64.2 Å². The van der Waals surface area contributed by atoms with E-state index in [0.717, 1.165) is 70.6 Å². The van der Waals surface area contributed by atoms with E-state index in [0.29, 0.717) is 19.3 Å². The second-order valence-corrected chi connectivity index (χ2v) is 22.2. The standard InChI is InChI=1S/C66H115NO13/c1-3-5-7-9-11-13-15-17-19-21-23-25-27-29-31-33-35-37-39-41-43-45-47-49-55(70)54(53-77-65-63(76)61(74)64(57(52-69)79-65)80-66-62(75)60(73)59(72)56(51-68)78-66)67-58(71)50-48-46-44-42-40-38-36-34-32-30-28-26-24-22-20-18-16-14-12-10-8-6-4-2/h6,8,12,14,18,20,24,26,30,32,36,38,42,44,54-57,59-66,68-70,72-76H,3-5,7,9-11,13,15-17,19,21-23,25,27-29,31,33-35,37,39-41,43,45-53H2,1-2H3,(H,67,71)/b8-6-,14-12-,20-18-,26-24-,32-30-,38-36-,44-42-. The second kappa shape index (κ2) is 50.7. The van der Waals surface area contributed by atoms with Gasteiger partial charge in [-0.15, -0.1) is 0 Å². The van der Waals surface area contributed by atoms with Gasteiger partial charge in [0.25, 0.3) is 0 Å². The maximum absolute atomic E-state index is 13.3. The third-order valence-corrected chi connectivity index (χ3v) is 15.1. The maximum Gasteiger partial charge on any atom is 0.220 e. The molecule has 462 valence electrons. The SMILES string of the molecule is CC/C=C\C/C=C\C/C=C\C/C=C\C/C=C\C/C=C\C/C=C\CCCC(=O)NC(COC1OC(CO)C(OC2OC(CO)C(O)C(O)C2O)C(O)C1O)C(O)CCCCCCCCCCCCCCCCCCCCCCCCC. The van der Waals surface area contributed by atoms with E-state index >= 15 is 0 Å². The third-order valence-electron chi connectivity index (χ3n) is 15.1. The molecule has 9 N–H and O–H groups in total. The molecule has 0 aromatic rings. The lowest BCUT2D eigenvalue weighted by Gasteiger charge is -2.46. The molecule has 14 nitrogen and oxygen atoms in total. The summed E-state index contributed by atoms with van der Waals surface area (Å²) < 4.78 is 22.8. The van der Waals surface area contributed by atoms with Crippen molar-refractivity contribution in [2.24, 2.45) is 0 Å². The van der Waals surface area contributed by atoms with Gasteiger partial charge in [-0.25, -0.2) is 0 Å². The Balaban J connectivity index is 1.76. The average Bonchev–Trinajstić information content (AvgIpc) is 3.46. The summed E-state index contributed by atoms with van der Waals surface area (Å²) >= 11 is 0. The Morgan fingerprint density at radius 3 is 1.27 bits per heavy atom. The number of aliphatic hydroxyl groups is 8. The van der Waals surface area contributed by atoms with Gasteiger partial charge in [0.05, 0.1) is 32.0 Å². The number of aliphatic hydroxyl groups excluding tert-OH is 8. The Kier molecular flexibility index (Phi) is 46.4. The number of unbranched alkanes of at least 4 members (excludes halogenated alkanes) is 23. The molecule has 2 fully saturated rings. The van der Waals surface area contributed by atoms with Crippen LogP contribution >= 0.6 is 0 Å². The van der Waals surface area contributed by atoms with Crippen molar-refractivity contribution < 1.29 is 64.6 Å². The number of hydrogen-bond acceptors (Lipinski definition) is 13. The summed E-state index contributed by atoms with van der Waals surface area (Å²) in [4.78, 5) is 13.3. The molecule has 2 aliphatic rings. The normalized spacial score (nSPS) is 24.8. The summed E-state index contributed by atoms with van der Waals surface area (Å²) in [6, 6.07) is -0.866. The molecule has 2 heterocycles. The molecule has 12 atom stereocenters. The van der Waals surface area contributed by atoms with Crippen molar-refractivity contribution in [3.8, 4) is 0 Å². The van der Waals surface area contributed by atoms with Crippen LogP contribution in [0.1, 0.15) is 232 Å². The number of nitrogens with one attached hydrogen (secondary N) is 1. The molecule has 14 heteroatoms. The smallest absolute Gasteiger partial charge is 0.220 e. The van der Waals surface area contributed by atoms with Gasteiger partial charge in [-0.1, -0.05) is 247 Å². The summed E-state index contributed by atoms with van der Waals surface area (Å²) in [5.41, 5.74) is 0. The van der Waals surface area contributed by atoms with Crippen LogP contribution < -0.4 is 5.32 Å². The molecule has 0 bridgehead atoms. The van der Waals surface area contributed by atoms with Crippen LogP contribution in [0.4, 0.5) is 0 Å². The molecule has 2 saturated heterocycles. The van der Waals surface area contributed by atoms with Crippen LogP contribution in [0.25, 0.3) is 0 Å². The van der Waals surface area contributed by atoms with Crippen molar-refractivity contribution in [1.82, 2.24) is 5.32 Å². The minimum absolute atomic E-state index is 0.220. The van der Waals surface area contributed by atoms with Crippen LogP contribution in [0, 0.1) is 0 Å². The highest BCUT2D eigenvalue weighted by atomic mass is 16.7. The molecular weight excluding hydrogens is 1010 g/mol. The molecule has 2 rings (SSSR count). The number of ether oxygens (including phenoxy) is 4. The predicted molar refractivity (Wildman–Crippen MR) is 323 cm³/mol. The van der Waals surface area contributed by atoms with Crippen LogP contribution in [0.15, 0.2) is 85.1 Å². The van der Waals surface area contributed by atoms with Crippen molar-refractivity contribution >= 4 is 5.91 Å². The van der Waals surface area contributed by atoms with Crippen molar-refractivity contribution in [2.75, 3.05) is 19.8 Å². The van der Waals surface area contributed by atoms with Gasteiger partial charge in [-0.3, -0.25) is 4.79 Å². The van der Waals surface area contributed by atoms with Crippen LogP contribution in [0.5, 0.6) is 0 Å². The molecule has 0 radical (unpaired) electrons. The van der Waals surface area contributed by atoms with Gasteiger partial charge in [0.2, 0.25) is 5.91 Å². The summed E-state index contributed by atoms with van der Waals surface area (Å²) in [6.45, 7) is 2.72. The molecule has 80 heavy (non-hydrogen) atoms. The van der Waals surface area contributed by atoms with Crippen LogP contribution in [0.3, 0.4) is 0 Å². The lowest BCUT2D eigenvalue weighted by Crippen LogP contribution is -2.65. The highest BCUT2D eigenvalue weighted by Gasteiger charge is 2.51. The first kappa shape index (κ1) is 73.3. The van der Waals surface area contributed by atoms with Gasteiger partial charge in [0.15, 0.2) is 12.6 Å². The largest absolute Gasteiger partial charge is 0.394 e. The van der Waals surface area contributed by atoms with E-state index in [1.807, 2.05) is 0 Å². The number of carbonyl (C=O) groups excluding carboxylic acids is 1. The van der Waals surface area contributed by atoms with Gasteiger partial charge < -0.3 is 65.1 Å². The van der Waals surface area contributed by atoms with E-state index in [4.69, 9.17) is 18.9 Å². The number of rotatable bonds is 50. The minimum atomic E-state index is -1.79. The highest BCUT2D eigenvalue weighted by Crippen LogP contribution is 2.30. The lowest BCUT2D eigenvalue weighted by molar-refractivity contribution is -0.359. The van der Waals surface area contributed by atoms with Crippen molar-refractivity contribution in [1.29, 1.82) is 0 Å². The number of allylic oxidation sites excluding steroid dienone is 14. The molecule has 0 aromatic carbocycles. The molecule has 2 aliphatic heterocycles. The van der Waals surface area contributed by atoms with E-state index in [9.17, 15) is 45.6 Å². The van der Waals surface area contributed by atoms with E-state index in [2.05, 4.69) is 104 Å². The predicted octanol–water partition coefficient (Wildman–Crippen LogP) is 11.7. The van der Waals surface area contributed by atoms with Crippen LogP contribution in [0.2, 0.25) is 0 Å². The van der Waals surface area contributed by atoms with Gasteiger partial charge in [0, 0.05) is 6.42 Å². The second-order valence-electron chi connectivity index (χ2n) is 22.2. The summed E-state index contributed by atoms with van der Waals surface area (Å²) in [5.74, 6) is -0.265. The fourth-order valence-electron chi connectivity index (χ4n) is 10.1. The van der Waals surface area contributed by atoms with Gasteiger partial charge in [0.1, 0.15) is 48.8 Å². The fraction of sp³-hybridized carbons (Fsp3) is 0.773. The number of carbonyl (C=O) groups is 1.